The van der Waals surface area contributed by atoms with Crippen molar-refractivity contribution in [3.8, 4) is 5.75 Å². The van der Waals surface area contributed by atoms with E-state index in [0.29, 0.717) is 5.02 Å². The Morgan fingerprint density at radius 3 is 2.71 bits per heavy atom. The molecule has 0 bridgehead atoms. The molecule has 5 heteroatoms. The molecule has 0 spiro atoms. The molecule has 112 valence electrons. The zero-order valence-electron chi connectivity index (χ0n) is 12.6. The molecule has 0 fully saturated rings. The smallest absolute Gasteiger partial charge is 0.124 e. The van der Waals surface area contributed by atoms with Crippen molar-refractivity contribution in [2.75, 3.05) is 13.7 Å². The van der Waals surface area contributed by atoms with Crippen LogP contribution in [0.2, 0.25) is 5.02 Å². The second kappa shape index (κ2) is 7.38. The van der Waals surface area contributed by atoms with Gasteiger partial charge in [-0.15, -0.1) is 0 Å². The number of hydrogen-bond donors (Lipinski definition) is 1. The van der Waals surface area contributed by atoms with Crippen molar-refractivity contribution < 1.29 is 4.74 Å². The van der Waals surface area contributed by atoms with Crippen LogP contribution in [-0.2, 0) is 0 Å². The van der Waals surface area contributed by atoms with Crippen molar-refractivity contribution >= 4 is 11.6 Å². The topological polar surface area (TPSA) is 47.0 Å². The van der Waals surface area contributed by atoms with E-state index in [0.717, 1.165) is 35.7 Å². The Balaban J connectivity index is 2.44. The van der Waals surface area contributed by atoms with Crippen LogP contribution in [0.4, 0.5) is 0 Å². The molecule has 4 nitrogen and oxygen atoms in total. The monoisotopic (exact) mass is 305 g/mol. The van der Waals surface area contributed by atoms with Crippen molar-refractivity contribution in [3.05, 3.63) is 52.6 Å². The van der Waals surface area contributed by atoms with Crippen molar-refractivity contribution in [3.63, 3.8) is 0 Å². The largest absolute Gasteiger partial charge is 0.496 e. The van der Waals surface area contributed by atoms with E-state index in [1.54, 1.807) is 19.5 Å². The van der Waals surface area contributed by atoms with E-state index in [-0.39, 0.29) is 6.04 Å². The zero-order chi connectivity index (χ0) is 15.2. The number of halogens is 1. The highest BCUT2D eigenvalue weighted by Crippen LogP contribution is 2.31. The molecular weight excluding hydrogens is 286 g/mol. The van der Waals surface area contributed by atoms with E-state index >= 15 is 0 Å². The van der Waals surface area contributed by atoms with Gasteiger partial charge in [-0.3, -0.25) is 9.97 Å². The minimum absolute atomic E-state index is 0.0910. The molecule has 0 aliphatic rings. The molecule has 21 heavy (non-hydrogen) atoms. The summed E-state index contributed by atoms with van der Waals surface area (Å²) in [6, 6.07) is 5.52. The highest BCUT2D eigenvalue weighted by Gasteiger charge is 2.19. The first kappa shape index (κ1) is 15.7. The molecule has 2 aromatic rings. The average Bonchev–Trinajstić information content (AvgIpc) is 2.49. The predicted molar refractivity (Wildman–Crippen MR) is 84.9 cm³/mol. The maximum atomic E-state index is 6.15. The zero-order valence-corrected chi connectivity index (χ0v) is 13.3. The van der Waals surface area contributed by atoms with Crippen LogP contribution >= 0.6 is 11.6 Å². The third kappa shape index (κ3) is 3.93. The summed E-state index contributed by atoms with van der Waals surface area (Å²) in [5.74, 6) is 0.787. The van der Waals surface area contributed by atoms with Gasteiger partial charge in [-0.25, -0.2) is 0 Å². The summed E-state index contributed by atoms with van der Waals surface area (Å²) < 4.78 is 5.46. The fraction of sp³-hybridized carbons (Fsp3) is 0.375. The van der Waals surface area contributed by atoms with Crippen molar-refractivity contribution in [2.45, 2.75) is 26.3 Å². The third-order valence-corrected chi connectivity index (χ3v) is 3.43. The van der Waals surface area contributed by atoms with Gasteiger partial charge >= 0.3 is 0 Å². The van der Waals surface area contributed by atoms with Crippen LogP contribution < -0.4 is 10.1 Å². The maximum absolute atomic E-state index is 6.15. The Hall–Kier alpha value is -1.65. The van der Waals surface area contributed by atoms with Gasteiger partial charge in [-0.05, 0) is 38.1 Å². The Morgan fingerprint density at radius 2 is 2.10 bits per heavy atom. The van der Waals surface area contributed by atoms with Crippen LogP contribution in [0, 0.1) is 6.92 Å². The Labute approximate surface area is 130 Å². The Bertz CT molecular complexity index is 587. The van der Waals surface area contributed by atoms with Crippen LogP contribution in [0.5, 0.6) is 5.75 Å². The summed E-state index contributed by atoms with van der Waals surface area (Å²) in [5.41, 5.74) is 2.72. The minimum atomic E-state index is -0.0910. The summed E-state index contributed by atoms with van der Waals surface area (Å²) >= 11 is 6.15. The highest BCUT2D eigenvalue weighted by molar-refractivity contribution is 6.30. The Morgan fingerprint density at radius 1 is 1.29 bits per heavy atom. The quantitative estimate of drug-likeness (QED) is 0.887. The number of nitrogens with one attached hydrogen (secondary N) is 1. The van der Waals surface area contributed by atoms with Gasteiger partial charge in [0.15, 0.2) is 0 Å². The highest BCUT2D eigenvalue weighted by atomic mass is 35.5. The van der Waals surface area contributed by atoms with Crippen molar-refractivity contribution in [1.29, 1.82) is 0 Å². The molecule has 1 aromatic heterocycles. The van der Waals surface area contributed by atoms with Crippen LogP contribution in [-0.4, -0.2) is 23.6 Å². The molecule has 1 atom stereocenters. The number of ether oxygens (including phenoxy) is 1. The molecule has 1 unspecified atom stereocenters. The van der Waals surface area contributed by atoms with Crippen molar-refractivity contribution in [1.82, 2.24) is 15.3 Å². The number of nitrogens with zero attached hydrogens (tertiary/aromatic N) is 2. The number of benzene rings is 1. The maximum Gasteiger partial charge on any atom is 0.124 e. The Kier molecular flexibility index (Phi) is 5.53. The minimum Gasteiger partial charge on any atom is -0.496 e. The van der Waals surface area contributed by atoms with Gasteiger partial charge in [0.25, 0.3) is 0 Å². The summed E-state index contributed by atoms with van der Waals surface area (Å²) in [4.78, 5) is 8.82. The molecule has 0 aliphatic heterocycles. The summed E-state index contributed by atoms with van der Waals surface area (Å²) in [7, 11) is 1.66. The molecule has 1 N–H and O–H groups in total. The molecule has 1 aromatic carbocycles. The van der Waals surface area contributed by atoms with E-state index < -0.39 is 0 Å². The molecule has 0 saturated carbocycles. The fourth-order valence-corrected chi connectivity index (χ4v) is 2.33. The number of hydrogen-bond acceptors (Lipinski definition) is 4. The van der Waals surface area contributed by atoms with Gasteiger partial charge in [0.1, 0.15) is 5.75 Å². The van der Waals surface area contributed by atoms with Gasteiger partial charge in [-0.2, -0.15) is 0 Å². The first-order valence-electron chi connectivity index (χ1n) is 7.01. The van der Waals surface area contributed by atoms with Crippen LogP contribution in [0.25, 0.3) is 0 Å². The first-order chi connectivity index (χ1) is 10.2. The van der Waals surface area contributed by atoms with Gasteiger partial charge < -0.3 is 10.1 Å². The molecule has 2 rings (SSSR count). The second-order valence-electron chi connectivity index (χ2n) is 4.86. The fourth-order valence-electron chi connectivity index (χ4n) is 2.14. The standard InChI is InChI=1S/C16H20ClN3O/c1-4-7-18-16(14-10-19-11(2)9-20-14)13-8-12(17)5-6-15(13)21-3/h5-6,8-10,16,18H,4,7H2,1-3H3. The average molecular weight is 306 g/mol. The lowest BCUT2D eigenvalue weighted by Gasteiger charge is -2.21. The number of methoxy groups -OCH3 is 1. The van der Waals surface area contributed by atoms with Gasteiger partial charge in [0.05, 0.1) is 30.7 Å². The molecule has 0 amide bonds. The van der Waals surface area contributed by atoms with Crippen LogP contribution in [0.15, 0.2) is 30.6 Å². The van der Waals surface area contributed by atoms with E-state index in [9.17, 15) is 0 Å². The molecule has 0 aliphatic carbocycles. The lowest BCUT2D eigenvalue weighted by molar-refractivity contribution is 0.403. The third-order valence-electron chi connectivity index (χ3n) is 3.20. The van der Waals surface area contributed by atoms with E-state index in [4.69, 9.17) is 16.3 Å². The van der Waals surface area contributed by atoms with E-state index in [1.807, 2.05) is 25.1 Å². The van der Waals surface area contributed by atoms with Gasteiger partial charge in [0, 0.05) is 16.8 Å². The van der Waals surface area contributed by atoms with Crippen LogP contribution in [0.1, 0.15) is 36.3 Å². The lowest BCUT2D eigenvalue weighted by atomic mass is 10.0. The summed E-state index contributed by atoms with van der Waals surface area (Å²) in [6.07, 6.45) is 4.59. The van der Waals surface area contributed by atoms with E-state index in [1.165, 1.54) is 0 Å². The molecule has 1 heterocycles. The molecular formula is C16H20ClN3O. The van der Waals surface area contributed by atoms with Crippen molar-refractivity contribution in [2.24, 2.45) is 0 Å². The van der Waals surface area contributed by atoms with E-state index in [2.05, 4.69) is 22.2 Å². The lowest BCUT2D eigenvalue weighted by Crippen LogP contribution is -2.24. The van der Waals surface area contributed by atoms with Crippen LogP contribution in [0.3, 0.4) is 0 Å². The summed E-state index contributed by atoms with van der Waals surface area (Å²) in [5, 5.41) is 4.16. The van der Waals surface area contributed by atoms with Gasteiger partial charge in [0.2, 0.25) is 0 Å². The normalized spacial score (nSPS) is 12.2. The predicted octanol–water partition coefficient (Wildman–Crippen LogP) is 3.54. The number of rotatable bonds is 6. The number of aryl methyl sites for hydroxylation is 1. The second-order valence-corrected chi connectivity index (χ2v) is 5.29. The molecule has 0 saturated heterocycles. The first-order valence-corrected chi connectivity index (χ1v) is 7.39. The van der Waals surface area contributed by atoms with Gasteiger partial charge in [-0.1, -0.05) is 18.5 Å². The SMILES string of the molecule is CCCNC(c1cnc(C)cn1)c1cc(Cl)ccc1OC. The summed E-state index contributed by atoms with van der Waals surface area (Å²) in [6.45, 7) is 4.92. The molecule has 0 radical (unpaired) electrons. The number of aromatic nitrogens is 2.